The number of phenols is 1. The minimum absolute atomic E-state index is 0.217. The molecule has 0 bridgehead atoms. The van der Waals surface area contributed by atoms with Crippen LogP contribution in [-0.4, -0.2) is 22.9 Å². The normalized spacial score (nSPS) is 15.4. The molecule has 72 valence electrons. The predicted molar refractivity (Wildman–Crippen MR) is 54.7 cm³/mol. The molecule has 4 heteroatoms. The second-order valence-electron chi connectivity index (χ2n) is 3.07. The SMILES string of the molecule is C=C1NN=C(c2ccccc2O)N1C. The van der Waals surface area contributed by atoms with Crippen molar-refractivity contribution in [2.45, 2.75) is 0 Å². The number of amidine groups is 1. The van der Waals surface area contributed by atoms with Gasteiger partial charge in [-0.25, -0.2) is 0 Å². The van der Waals surface area contributed by atoms with Gasteiger partial charge in [0, 0.05) is 7.05 Å². The van der Waals surface area contributed by atoms with E-state index < -0.39 is 0 Å². The summed E-state index contributed by atoms with van der Waals surface area (Å²) in [4.78, 5) is 1.79. The monoisotopic (exact) mass is 189 g/mol. The van der Waals surface area contributed by atoms with Crippen LogP contribution in [-0.2, 0) is 0 Å². The predicted octanol–water partition coefficient (Wildman–Crippen LogP) is 1.06. The molecule has 0 atom stereocenters. The molecule has 0 amide bonds. The Morgan fingerprint density at radius 1 is 1.43 bits per heavy atom. The molecule has 0 radical (unpaired) electrons. The lowest BCUT2D eigenvalue weighted by Crippen LogP contribution is -2.22. The van der Waals surface area contributed by atoms with Gasteiger partial charge < -0.3 is 10.0 Å². The number of phenolic OH excluding ortho intramolecular Hbond substituents is 1. The van der Waals surface area contributed by atoms with Crippen molar-refractivity contribution >= 4 is 5.84 Å². The molecule has 0 aliphatic carbocycles. The quantitative estimate of drug-likeness (QED) is 0.694. The highest BCUT2D eigenvalue weighted by molar-refractivity contribution is 6.02. The molecule has 0 aromatic heterocycles. The Bertz CT molecular complexity index is 412. The number of aromatic hydroxyl groups is 1. The van der Waals surface area contributed by atoms with E-state index in [2.05, 4.69) is 17.1 Å². The van der Waals surface area contributed by atoms with Crippen LogP contribution in [0.25, 0.3) is 0 Å². The Labute approximate surface area is 82.2 Å². The zero-order valence-corrected chi connectivity index (χ0v) is 7.86. The van der Waals surface area contributed by atoms with Crippen LogP contribution in [0.1, 0.15) is 5.56 Å². The highest BCUT2D eigenvalue weighted by Crippen LogP contribution is 2.21. The molecule has 1 aliphatic rings. The van der Waals surface area contributed by atoms with Gasteiger partial charge in [0.15, 0.2) is 5.84 Å². The van der Waals surface area contributed by atoms with Gasteiger partial charge in [-0.05, 0) is 12.1 Å². The van der Waals surface area contributed by atoms with Crippen LogP contribution in [0.4, 0.5) is 0 Å². The van der Waals surface area contributed by atoms with Crippen LogP contribution in [0.5, 0.6) is 5.75 Å². The van der Waals surface area contributed by atoms with Gasteiger partial charge in [0.2, 0.25) is 0 Å². The van der Waals surface area contributed by atoms with E-state index in [-0.39, 0.29) is 5.75 Å². The summed E-state index contributed by atoms with van der Waals surface area (Å²) in [6, 6.07) is 7.07. The number of benzene rings is 1. The summed E-state index contributed by atoms with van der Waals surface area (Å²) in [5, 5.41) is 13.7. The number of hydrogen-bond donors (Lipinski definition) is 2. The first kappa shape index (κ1) is 8.62. The molecule has 1 aliphatic heterocycles. The number of hydrazone groups is 1. The summed E-state index contributed by atoms with van der Waals surface area (Å²) < 4.78 is 0. The minimum Gasteiger partial charge on any atom is -0.507 e. The number of nitrogens with one attached hydrogen (secondary N) is 1. The molecule has 1 aromatic rings. The Morgan fingerprint density at radius 2 is 2.14 bits per heavy atom. The van der Waals surface area contributed by atoms with E-state index in [1.54, 1.807) is 17.0 Å². The maximum Gasteiger partial charge on any atom is 0.165 e. The van der Waals surface area contributed by atoms with Gasteiger partial charge in [-0.15, -0.1) is 0 Å². The minimum atomic E-state index is 0.217. The first-order chi connectivity index (χ1) is 6.70. The van der Waals surface area contributed by atoms with E-state index in [4.69, 9.17) is 0 Å². The Balaban J connectivity index is 2.42. The van der Waals surface area contributed by atoms with Gasteiger partial charge in [-0.1, -0.05) is 18.7 Å². The van der Waals surface area contributed by atoms with Gasteiger partial charge in [0.1, 0.15) is 11.6 Å². The zero-order chi connectivity index (χ0) is 10.1. The van der Waals surface area contributed by atoms with Crippen molar-refractivity contribution in [3.63, 3.8) is 0 Å². The van der Waals surface area contributed by atoms with E-state index >= 15 is 0 Å². The molecular formula is C10H11N3O. The fraction of sp³-hybridized carbons (Fsp3) is 0.100. The van der Waals surface area contributed by atoms with E-state index in [1.807, 2.05) is 19.2 Å². The Kier molecular flexibility index (Phi) is 1.89. The third-order valence-electron chi connectivity index (χ3n) is 2.16. The fourth-order valence-corrected chi connectivity index (χ4v) is 1.30. The highest BCUT2D eigenvalue weighted by atomic mass is 16.3. The average Bonchev–Trinajstić information content (AvgIpc) is 2.49. The summed E-state index contributed by atoms with van der Waals surface area (Å²) in [6.45, 7) is 3.76. The average molecular weight is 189 g/mol. The van der Waals surface area contributed by atoms with Crippen molar-refractivity contribution in [3.05, 3.63) is 42.2 Å². The summed E-state index contributed by atoms with van der Waals surface area (Å²) in [7, 11) is 1.84. The van der Waals surface area contributed by atoms with E-state index in [0.717, 1.165) is 0 Å². The largest absolute Gasteiger partial charge is 0.507 e. The second kappa shape index (κ2) is 3.06. The van der Waals surface area contributed by atoms with E-state index in [1.165, 1.54) is 0 Å². The number of rotatable bonds is 1. The molecule has 1 aromatic carbocycles. The summed E-state index contributed by atoms with van der Waals surface area (Å²) in [5.74, 6) is 1.59. The maximum atomic E-state index is 9.61. The molecular weight excluding hydrogens is 178 g/mol. The van der Waals surface area contributed by atoms with Crippen LogP contribution in [0, 0.1) is 0 Å². The van der Waals surface area contributed by atoms with Crippen molar-refractivity contribution in [2.24, 2.45) is 5.10 Å². The van der Waals surface area contributed by atoms with Crippen molar-refractivity contribution in [3.8, 4) is 5.75 Å². The lowest BCUT2D eigenvalue weighted by Gasteiger charge is -2.14. The third-order valence-corrected chi connectivity index (χ3v) is 2.16. The smallest absolute Gasteiger partial charge is 0.165 e. The van der Waals surface area contributed by atoms with Crippen molar-refractivity contribution in [1.82, 2.24) is 10.3 Å². The molecule has 14 heavy (non-hydrogen) atoms. The van der Waals surface area contributed by atoms with Gasteiger partial charge >= 0.3 is 0 Å². The first-order valence-electron chi connectivity index (χ1n) is 4.25. The second-order valence-corrected chi connectivity index (χ2v) is 3.07. The summed E-state index contributed by atoms with van der Waals surface area (Å²) >= 11 is 0. The van der Waals surface area contributed by atoms with Gasteiger partial charge in [0.25, 0.3) is 0 Å². The molecule has 0 spiro atoms. The van der Waals surface area contributed by atoms with Crippen molar-refractivity contribution < 1.29 is 5.11 Å². The lowest BCUT2D eigenvalue weighted by atomic mass is 10.2. The Hall–Kier alpha value is -1.97. The topological polar surface area (TPSA) is 47.9 Å². The number of para-hydroxylation sites is 1. The molecule has 0 fully saturated rings. The van der Waals surface area contributed by atoms with Crippen LogP contribution >= 0.6 is 0 Å². The van der Waals surface area contributed by atoms with Crippen molar-refractivity contribution in [2.75, 3.05) is 7.05 Å². The van der Waals surface area contributed by atoms with Crippen LogP contribution in [0.2, 0.25) is 0 Å². The van der Waals surface area contributed by atoms with Crippen molar-refractivity contribution in [1.29, 1.82) is 0 Å². The molecule has 1 heterocycles. The molecule has 4 nitrogen and oxygen atoms in total. The molecule has 2 N–H and O–H groups in total. The van der Waals surface area contributed by atoms with Crippen LogP contribution in [0.3, 0.4) is 0 Å². The lowest BCUT2D eigenvalue weighted by molar-refractivity contribution is 0.472. The number of hydrogen-bond acceptors (Lipinski definition) is 4. The summed E-state index contributed by atoms with van der Waals surface area (Å²) in [6.07, 6.45) is 0. The summed E-state index contributed by atoms with van der Waals surface area (Å²) in [5.41, 5.74) is 3.45. The van der Waals surface area contributed by atoms with Gasteiger partial charge in [0.05, 0.1) is 5.56 Å². The molecule has 0 unspecified atom stereocenters. The van der Waals surface area contributed by atoms with Gasteiger partial charge in [-0.2, -0.15) is 5.10 Å². The maximum absolute atomic E-state index is 9.61. The van der Waals surface area contributed by atoms with E-state index in [0.29, 0.717) is 17.2 Å². The molecule has 0 saturated heterocycles. The standard InChI is InChI=1S/C10H11N3O/c1-7-11-12-10(13(7)2)8-5-3-4-6-9(8)14/h3-6,11,14H,1H2,2H3. The highest BCUT2D eigenvalue weighted by Gasteiger charge is 2.20. The van der Waals surface area contributed by atoms with E-state index in [9.17, 15) is 5.11 Å². The van der Waals surface area contributed by atoms with Crippen LogP contribution in [0.15, 0.2) is 41.8 Å². The third kappa shape index (κ3) is 1.21. The fourth-order valence-electron chi connectivity index (χ4n) is 1.30. The first-order valence-corrected chi connectivity index (χ1v) is 4.25. The zero-order valence-electron chi connectivity index (χ0n) is 7.86. The molecule has 2 rings (SSSR count). The van der Waals surface area contributed by atoms with Crippen LogP contribution < -0.4 is 5.43 Å². The molecule has 0 saturated carbocycles. The Morgan fingerprint density at radius 3 is 2.71 bits per heavy atom. The van der Waals surface area contributed by atoms with Gasteiger partial charge in [-0.3, -0.25) is 5.43 Å². The number of nitrogens with zero attached hydrogens (tertiary/aromatic N) is 2.